The molecule has 0 saturated carbocycles. The van der Waals surface area contributed by atoms with Crippen LogP contribution in [0.1, 0.15) is 21.3 Å². The third-order valence-corrected chi connectivity index (χ3v) is 3.69. The van der Waals surface area contributed by atoms with Crippen LogP contribution in [0.5, 0.6) is 5.75 Å². The van der Waals surface area contributed by atoms with E-state index in [-0.39, 0.29) is 5.78 Å². The van der Waals surface area contributed by atoms with Crippen LogP contribution in [0, 0.1) is 0 Å². The Morgan fingerprint density at radius 2 is 1.89 bits per heavy atom. The molecule has 0 N–H and O–H groups in total. The molecule has 0 spiro atoms. The molecule has 0 heterocycles. The van der Waals surface area contributed by atoms with Gasteiger partial charge in [0.05, 0.1) is 7.11 Å². The maximum atomic E-state index is 12.3. The molecule has 2 aromatic carbocycles. The molecule has 0 fully saturated rings. The smallest absolute Gasteiger partial charge is 0.185 e. The number of ether oxygens (including phenoxy) is 1. The molecule has 0 amide bonds. The summed E-state index contributed by atoms with van der Waals surface area (Å²) >= 11 is 9.60. The molecule has 2 nitrogen and oxygen atoms in total. The molecular formula is C15H12BrClO2. The molecule has 0 radical (unpaired) electrons. The average molecular weight is 340 g/mol. The van der Waals surface area contributed by atoms with E-state index in [0.717, 1.165) is 10.0 Å². The molecular weight excluding hydrogens is 328 g/mol. The van der Waals surface area contributed by atoms with Gasteiger partial charge in [0.2, 0.25) is 0 Å². The van der Waals surface area contributed by atoms with Crippen molar-refractivity contribution in [2.45, 2.75) is 5.38 Å². The van der Waals surface area contributed by atoms with Gasteiger partial charge in [0, 0.05) is 10.0 Å². The van der Waals surface area contributed by atoms with Crippen molar-refractivity contribution in [3.8, 4) is 5.75 Å². The standard InChI is InChI=1S/C15H12BrClO2/c1-19-13-7-5-10(6-8-13)15(18)14(17)11-3-2-4-12(16)9-11/h2-9,14H,1H3. The van der Waals surface area contributed by atoms with Crippen LogP contribution in [-0.4, -0.2) is 12.9 Å². The zero-order chi connectivity index (χ0) is 13.8. The van der Waals surface area contributed by atoms with E-state index in [1.807, 2.05) is 24.3 Å². The van der Waals surface area contributed by atoms with E-state index in [9.17, 15) is 4.79 Å². The molecule has 0 bridgehead atoms. The average Bonchev–Trinajstić information content (AvgIpc) is 2.46. The van der Waals surface area contributed by atoms with Gasteiger partial charge in [-0.05, 0) is 42.0 Å². The summed E-state index contributed by atoms with van der Waals surface area (Å²) in [6.45, 7) is 0. The summed E-state index contributed by atoms with van der Waals surface area (Å²) < 4.78 is 5.96. The maximum absolute atomic E-state index is 12.3. The van der Waals surface area contributed by atoms with Gasteiger partial charge in [-0.2, -0.15) is 0 Å². The number of ketones is 1. The summed E-state index contributed by atoms with van der Waals surface area (Å²) in [5.41, 5.74) is 1.35. The predicted octanol–water partition coefficient (Wildman–Crippen LogP) is 4.62. The highest BCUT2D eigenvalue weighted by molar-refractivity contribution is 9.10. The Bertz CT molecular complexity index is 581. The van der Waals surface area contributed by atoms with Crippen molar-refractivity contribution < 1.29 is 9.53 Å². The molecule has 2 rings (SSSR count). The lowest BCUT2D eigenvalue weighted by atomic mass is 10.0. The lowest BCUT2D eigenvalue weighted by molar-refractivity contribution is 0.0987. The summed E-state index contributed by atoms with van der Waals surface area (Å²) in [5.74, 6) is 0.590. The Morgan fingerprint density at radius 1 is 1.21 bits per heavy atom. The molecule has 2 aromatic rings. The number of carbonyl (C=O) groups excluding carboxylic acids is 1. The zero-order valence-corrected chi connectivity index (χ0v) is 12.6. The fraction of sp³-hybridized carbons (Fsp3) is 0.133. The minimum absolute atomic E-state index is 0.123. The second kappa shape index (κ2) is 6.22. The molecule has 0 aliphatic rings. The third-order valence-electron chi connectivity index (χ3n) is 2.75. The van der Waals surface area contributed by atoms with Gasteiger partial charge in [0.1, 0.15) is 11.1 Å². The molecule has 1 unspecified atom stereocenters. The first-order valence-corrected chi connectivity index (χ1v) is 6.92. The number of methoxy groups -OCH3 is 1. The van der Waals surface area contributed by atoms with Crippen molar-refractivity contribution in [2.24, 2.45) is 0 Å². The van der Waals surface area contributed by atoms with Crippen LogP contribution in [0.25, 0.3) is 0 Å². The Morgan fingerprint density at radius 3 is 2.47 bits per heavy atom. The number of hydrogen-bond acceptors (Lipinski definition) is 2. The predicted molar refractivity (Wildman–Crippen MR) is 80.1 cm³/mol. The molecule has 0 aliphatic heterocycles. The Labute approximate surface area is 125 Å². The van der Waals surface area contributed by atoms with Crippen LogP contribution in [0.4, 0.5) is 0 Å². The minimum atomic E-state index is -0.689. The molecule has 0 aromatic heterocycles. The van der Waals surface area contributed by atoms with E-state index in [1.165, 1.54) is 0 Å². The van der Waals surface area contributed by atoms with Gasteiger partial charge in [-0.1, -0.05) is 28.1 Å². The van der Waals surface area contributed by atoms with E-state index in [1.54, 1.807) is 31.4 Å². The fourth-order valence-corrected chi connectivity index (χ4v) is 2.40. The number of hydrogen-bond donors (Lipinski definition) is 0. The van der Waals surface area contributed by atoms with E-state index < -0.39 is 5.38 Å². The molecule has 4 heteroatoms. The number of alkyl halides is 1. The molecule has 1 atom stereocenters. The number of benzene rings is 2. The van der Waals surface area contributed by atoms with E-state index in [0.29, 0.717) is 11.3 Å². The van der Waals surface area contributed by atoms with Crippen molar-refractivity contribution in [3.05, 3.63) is 64.1 Å². The quantitative estimate of drug-likeness (QED) is 0.600. The summed E-state index contributed by atoms with van der Waals surface area (Å²) in [7, 11) is 1.59. The van der Waals surface area contributed by atoms with Crippen molar-refractivity contribution >= 4 is 33.3 Å². The lowest BCUT2D eigenvalue weighted by Gasteiger charge is -2.10. The second-order valence-corrected chi connectivity index (χ2v) is 5.36. The first kappa shape index (κ1) is 14.1. The topological polar surface area (TPSA) is 26.3 Å². The van der Waals surface area contributed by atoms with Gasteiger partial charge in [-0.25, -0.2) is 0 Å². The first-order chi connectivity index (χ1) is 9.11. The number of Topliss-reactive ketones (excluding diaryl/α,β-unsaturated/α-hetero) is 1. The van der Waals surface area contributed by atoms with Crippen LogP contribution in [0.15, 0.2) is 53.0 Å². The molecule has 0 saturated heterocycles. The molecule has 98 valence electrons. The molecule has 19 heavy (non-hydrogen) atoms. The Hall–Kier alpha value is -1.32. The summed E-state index contributed by atoms with van der Waals surface area (Å²) in [4.78, 5) is 12.3. The second-order valence-electron chi connectivity index (χ2n) is 4.01. The number of rotatable bonds is 4. The van der Waals surface area contributed by atoms with Crippen LogP contribution < -0.4 is 4.74 Å². The monoisotopic (exact) mass is 338 g/mol. The molecule has 0 aliphatic carbocycles. The van der Waals surface area contributed by atoms with Gasteiger partial charge in [-0.3, -0.25) is 4.79 Å². The third kappa shape index (κ3) is 3.37. The lowest BCUT2D eigenvalue weighted by Crippen LogP contribution is -2.07. The first-order valence-electron chi connectivity index (χ1n) is 5.69. The summed E-state index contributed by atoms with van der Waals surface area (Å²) in [5, 5.41) is -0.689. The highest BCUT2D eigenvalue weighted by Gasteiger charge is 2.19. The van der Waals surface area contributed by atoms with Gasteiger partial charge in [0.25, 0.3) is 0 Å². The van der Waals surface area contributed by atoms with Crippen LogP contribution in [0.3, 0.4) is 0 Å². The highest BCUT2D eigenvalue weighted by Crippen LogP contribution is 2.27. The van der Waals surface area contributed by atoms with Crippen molar-refractivity contribution in [1.29, 1.82) is 0 Å². The van der Waals surface area contributed by atoms with Crippen molar-refractivity contribution in [3.63, 3.8) is 0 Å². The SMILES string of the molecule is COc1ccc(C(=O)C(Cl)c2cccc(Br)c2)cc1. The van der Waals surface area contributed by atoms with Gasteiger partial charge in [0.15, 0.2) is 5.78 Å². The van der Waals surface area contributed by atoms with Gasteiger partial charge >= 0.3 is 0 Å². The van der Waals surface area contributed by atoms with Crippen LogP contribution in [0.2, 0.25) is 0 Å². The highest BCUT2D eigenvalue weighted by atomic mass is 79.9. The zero-order valence-electron chi connectivity index (χ0n) is 10.3. The van der Waals surface area contributed by atoms with E-state index in [2.05, 4.69) is 15.9 Å². The van der Waals surface area contributed by atoms with Crippen LogP contribution >= 0.6 is 27.5 Å². The van der Waals surface area contributed by atoms with E-state index >= 15 is 0 Å². The van der Waals surface area contributed by atoms with Gasteiger partial charge < -0.3 is 4.74 Å². The fourth-order valence-electron chi connectivity index (χ4n) is 1.72. The van der Waals surface area contributed by atoms with Crippen molar-refractivity contribution in [2.75, 3.05) is 7.11 Å². The minimum Gasteiger partial charge on any atom is -0.497 e. The Balaban J connectivity index is 2.23. The normalized spacial score (nSPS) is 11.9. The Kier molecular flexibility index (Phi) is 4.61. The number of carbonyl (C=O) groups is 1. The van der Waals surface area contributed by atoms with Crippen LogP contribution in [-0.2, 0) is 0 Å². The maximum Gasteiger partial charge on any atom is 0.185 e. The number of halogens is 2. The summed E-state index contributed by atoms with van der Waals surface area (Å²) in [6, 6.07) is 14.4. The van der Waals surface area contributed by atoms with Gasteiger partial charge in [-0.15, -0.1) is 11.6 Å². The van der Waals surface area contributed by atoms with E-state index in [4.69, 9.17) is 16.3 Å². The largest absolute Gasteiger partial charge is 0.497 e. The van der Waals surface area contributed by atoms with Crippen molar-refractivity contribution in [1.82, 2.24) is 0 Å². The summed E-state index contributed by atoms with van der Waals surface area (Å²) in [6.07, 6.45) is 0.